The third-order valence-electron chi connectivity index (χ3n) is 1.96. The molecule has 0 saturated carbocycles. The molecular weight excluding hydrogens is 204 g/mol. The van der Waals surface area contributed by atoms with Crippen molar-refractivity contribution in [1.82, 2.24) is 0 Å². The monoisotopic (exact) mass is 214 g/mol. The van der Waals surface area contributed by atoms with E-state index in [4.69, 9.17) is 4.18 Å². The molecule has 1 saturated heterocycles. The maximum absolute atomic E-state index is 10.8. The van der Waals surface area contributed by atoms with Gasteiger partial charge in [0.05, 0.1) is 6.61 Å². The normalized spacial score (nSPS) is 25.0. The Morgan fingerprint density at radius 3 is 2.57 bits per heavy atom. The fourth-order valence-corrected chi connectivity index (χ4v) is 2.18. The van der Waals surface area contributed by atoms with E-state index in [1.54, 1.807) is 0 Å². The lowest BCUT2D eigenvalue weighted by Crippen LogP contribution is -2.13. The van der Waals surface area contributed by atoms with Crippen LogP contribution in [0, 0.1) is 0 Å². The van der Waals surface area contributed by atoms with Gasteiger partial charge in [0.1, 0.15) is 6.10 Å². The quantitative estimate of drug-likeness (QED) is 0.733. The molecule has 1 aromatic rings. The molecule has 0 aromatic heterocycles. The van der Waals surface area contributed by atoms with Gasteiger partial charge in [0, 0.05) is 6.42 Å². The Morgan fingerprint density at radius 1 is 1.29 bits per heavy atom. The van der Waals surface area contributed by atoms with E-state index in [1.807, 2.05) is 30.3 Å². The molecule has 0 N–H and O–H groups in total. The Bertz CT molecular complexity index is 398. The van der Waals surface area contributed by atoms with Gasteiger partial charge in [-0.25, -0.2) is 8.37 Å². The van der Waals surface area contributed by atoms with E-state index in [2.05, 4.69) is 4.18 Å². The van der Waals surface area contributed by atoms with Gasteiger partial charge in [-0.3, -0.25) is 0 Å². The summed E-state index contributed by atoms with van der Waals surface area (Å²) in [5, 5.41) is 0. The SMILES string of the molecule is O=S1(=O)OC[C@H](Cc2ccccc2)O1. The summed E-state index contributed by atoms with van der Waals surface area (Å²) in [5.74, 6) is 0. The van der Waals surface area contributed by atoms with Crippen LogP contribution in [-0.2, 0) is 25.2 Å². The Hall–Kier alpha value is -0.910. The molecule has 0 amide bonds. The molecule has 1 aromatic carbocycles. The summed E-state index contributed by atoms with van der Waals surface area (Å²) in [7, 11) is -3.72. The number of hydrogen-bond acceptors (Lipinski definition) is 4. The lowest BCUT2D eigenvalue weighted by molar-refractivity contribution is 0.236. The van der Waals surface area contributed by atoms with Crippen LogP contribution in [0.3, 0.4) is 0 Å². The van der Waals surface area contributed by atoms with Crippen LogP contribution < -0.4 is 0 Å². The van der Waals surface area contributed by atoms with Crippen LogP contribution in [0.4, 0.5) is 0 Å². The highest BCUT2D eigenvalue weighted by Gasteiger charge is 2.29. The fraction of sp³-hybridized carbons (Fsp3) is 0.333. The lowest BCUT2D eigenvalue weighted by Gasteiger charge is -2.04. The number of benzene rings is 1. The van der Waals surface area contributed by atoms with Crippen molar-refractivity contribution < 1.29 is 16.8 Å². The number of rotatable bonds is 2. The molecule has 2 rings (SSSR count). The van der Waals surface area contributed by atoms with E-state index in [1.165, 1.54) is 0 Å². The molecule has 0 unspecified atom stereocenters. The molecule has 1 heterocycles. The van der Waals surface area contributed by atoms with Gasteiger partial charge in [-0.15, -0.1) is 0 Å². The molecule has 4 nitrogen and oxygen atoms in total. The molecule has 76 valence electrons. The van der Waals surface area contributed by atoms with Crippen molar-refractivity contribution in [3.05, 3.63) is 35.9 Å². The molecule has 5 heteroatoms. The number of hydrogen-bond donors (Lipinski definition) is 0. The summed E-state index contributed by atoms with van der Waals surface area (Å²) < 4.78 is 30.8. The van der Waals surface area contributed by atoms with Crippen molar-refractivity contribution in [3.8, 4) is 0 Å². The zero-order valence-electron chi connectivity index (χ0n) is 7.42. The topological polar surface area (TPSA) is 52.6 Å². The van der Waals surface area contributed by atoms with E-state index in [0.717, 1.165) is 5.56 Å². The first kappa shape index (κ1) is 9.64. The minimum absolute atomic E-state index is 0.108. The van der Waals surface area contributed by atoms with Crippen molar-refractivity contribution >= 4 is 10.4 Å². The van der Waals surface area contributed by atoms with Gasteiger partial charge in [0.25, 0.3) is 0 Å². The molecule has 0 spiro atoms. The van der Waals surface area contributed by atoms with Crippen LogP contribution in [0.5, 0.6) is 0 Å². The van der Waals surface area contributed by atoms with Crippen LogP contribution in [-0.4, -0.2) is 21.1 Å². The van der Waals surface area contributed by atoms with Gasteiger partial charge in [-0.2, -0.15) is 8.42 Å². The maximum Gasteiger partial charge on any atom is 0.400 e. The smallest absolute Gasteiger partial charge is 0.245 e. The van der Waals surface area contributed by atoms with E-state index in [0.29, 0.717) is 6.42 Å². The Balaban J connectivity index is 2.01. The van der Waals surface area contributed by atoms with Crippen molar-refractivity contribution in [3.63, 3.8) is 0 Å². The first-order valence-electron chi connectivity index (χ1n) is 4.27. The van der Waals surface area contributed by atoms with Gasteiger partial charge in [-0.05, 0) is 5.56 Å². The van der Waals surface area contributed by atoms with Gasteiger partial charge >= 0.3 is 10.4 Å². The summed E-state index contributed by atoms with van der Waals surface area (Å²) in [6.07, 6.45) is 0.169. The van der Waals surface area contributed by atoms with E-state index in [9.17, 15) is 8.42 Å². The molecule has 1 aliphatic rings. The van der Waals surface area contributed by atoms with Crippen LogP contribution in [0.1, 0.15) is 5.56 Å². The average molecular weight is 214 g/mol. The first-order chi connectivity index (χ1) is 6.66. The molecule has 0 radical (unpaired) electrons. The second-order valence-electron chi connectivity index (χ2n) is 3.10. The minimum Gasteiger partial charge on any atom is -0.245 e. The minimum atomic E-state index is -3.72. The Labute approximate surface area is 82.8 Å². The summed E-state index contributed by atoms with van der Waals surface area (Å²) in [5.41, 5.74) is 1.04. The molecule has 1 aliphatic heterocycles. The largest absolute Gasteiger partial charge is 0.400 e. The Kier molecular flexibility index (Phi) is 2.54. The van der Waals surface area contributed by atoms with Gasteiger partial charge in [-0.1, -0.05) is 30.3 Å². The predicted octanol–water partition coefficient (Wildman–Crippen LogP) is 0.889. The fourth-order valence-electron chi connectivity index (χ4n) is 1.35. The molecule has 1 fully saturated rings. The Morgan fingerprint density at radius 2 is 2.00 bits per heavy atom. The van der Waals surface area contributed by atoms with E-state index < -0.39 is 10.4 Å². The summed E-state index contributed by atoms with van der Waals surface area (Å²) in [6, 6.07) is 9.56. The van der Waals surface area contributed by atoms with Gasteiger partial charge < -0.3 is 0 Å². The summed E-state index contributed by atoms with van der Waals surface area (Å²) in [6.45, 7) is 0.108. The standard InChI is InChI=1S/C9H10O4S/c10-14(11)12-7-9(13-14)6-8-4-2-1-3-5-8/h1-5,9H,6-7H2/t9-/m0/s1. The highest BCUT2D eigenvalue weighted by molar-refractivity contribution is 7.82. The van der Waals surface area contributed by atoms with Crippen LogP contribution in [0.25, 0.3) is 0 Å². The molecule has 14 heavy (non-hydrogen) atoms. The van der Waals surface area contributed by atoms with Crippen molar-refractivity contribution in [2.24, 2.45) is 0 Å². The van der Waals surface area contributed by atoms with Gasteiger partial charge in [0.2, 0.25) is 0 Å². The van der Waals surface area contributed by atoms with Crippen LogP contribution >= 0.6 is 0 Å². The highest BCUT2D eigenvalue weighted by atomic mass is 32.3. The molecule has 0 aliphatic carbocycles. The summed E-state index contributed by atoms with van der Waals surface area (Å²) >= 11 is 0. The third-order valence-corrected chi connectivity index (χ3v) is 2.89. The zero-order valence-corrected chi connectivity index (χ0v) is 8.24. The zero-order chi connectivity index (χ0) is 10.0. The van der Waals surface area contributed by atoms with Crippen molar-refractivity contribution in [2.75, 3.05) is 6.61 Å². The van der Waals surface area contributed by atoms with Crippen molar-refractivity contribution in [1.29, 1.82) is 0 Å². The van der Waals surface area contributed by atoms with Crippen molar-refractivity contribution in [2.45, 2.75) is 12.5 Å². The molecular formula is C9H10O4S. The molecule has 1 atom stereocenters. The second kappa shape index (κ2) is 3.68. The summed E-state index contributed by atoms with van der Waals surface area (Å²) in [4.78, 5) is 0. The lowest BCUT2D eigenvalue weighted by atomic mass is 10.1. The molecule has 0 bridgehead atoms. The predicted molar refractivity (Wildman–Crippen MR) is 49.9 cm³/mol. The van der Waals surface area contributed by atoms with Crippen LogP contribution in [0.15, 0.2) is 30.3 Å². The maximum atomic E-state index is 10.8. The first-order valence-corrected chi connectivity index (χ1v) is 5.61. The van der Waals surface area contributed by atoms with E-state index in [-0.39, 0.29) is 12.7 Å². The van der Waals surface area contributed by atoms with Crippen LogP contribution in [0.2, 0.25) is 0 Å². The van der Waals surface area contributed by atoms with E-state index >= 15 is 0 Å². The highest BCUT2D eigenvalue weighted by Crippen LogP contribution is 2.16. The van der Waals surface area contributed by atoms with Gasteiger partial charge in [0.15, 0.2) is 0 Å². The second-order valence-corrected chi connectivity index (χ2v) is 4.35. The third kappa shape index (κ3) is 2.31. The average Bonchev–Trinajstić information content (AvgIpc) is 2.47.